The fourth-order valence-corrected chi connectivity index (χ4v) is 3.16. The Bertz CT molecular complexity index is 545. The molecule has 1 aliphatic rings. The number of amides is 1. The third-order valence-corrected chi connectivity index (χ3v) is 4.37. The lowest BCUT2D eigenvalue weighted by atomic mass is 10.1. The minimum Gasteiger partial charge on any atom is -0.493 e. The molecule has 126 valence electrons. The first-order valence-corrected chi connectivity index (χ1v) is 8.61. The van der Waals surface area contributed by atoms with Crippen molar-refractivity contribution in [3.63, 3.8) is 0 Å². The molecule has 0 aliphatic carbocycles. The van der Waals surface area contributed by atoms with E-state index >= 15 is 0 Å². The molecule has 0 spiro atoms. The van der Waals surface area contributed by atoms with Crippen LogP contribution < -0.4 is 9.47 Å². The van der Waals surface area contributed by atoms with Crippen LogP contribution in [-0.2, 0) is 14.3 Å². The molecule has 1 unspecified atom stereocenters. The largest absolute Gasteiger partial charge is 0.493 e. The average molecular weight is 339 g/mol. The van der Waals surface area contributed by atoms with Crippen LogP contribution in [0.5, 0.6) is 11.5 Å². The lowest BCUT2D eigenvalue weighted by Gasteiger charge is -2.22. The third kappa shape index (κ3) is 4.54. The van der Waals surface area contributed by atoms with Gasteiger partial charge in [-0.1, -0.05) is 12.1 Å². The Hall–Kier alpha value is -1.89. The van der Waals surface area contributed by atoms with E-state index in [2.05, 4.69) is 0 Å². The number of rotatable bonds is 7. The smallest absolute Gasteiger partial charge is 0.322 e. The van der Waals surface area contributed by atoms with Crippen LogP contribution in [0, 0.1) is 5.92 Å². The van der Waals surface area contributed by atoms with Gasteiger partial charge in [0.1, 0.15) is 6.61 Å². The summed E-state index contributed by atoms with van der Waals surface area (Å²) in [6.07, 6.45) is 0. The van der Waals surface area contributed by atoms with E-state index < -0.39 is 11.9 Å². The summed E-state index contributed by atoms with van der Waals surface area (Å²) in [5.41, 5.74) is 0. The zero-order valence-corrected chi connectivity index (χ0v) is 14.1. The second-order valence-corrected chi connectivity index (χ2v) is 5.98. The van der Waals surface area contributed by atoms with Gasteiger partial charge in [0.2, 0.25) is 5.91 Å². The van der Waals surface area contributed by atoms with Crippen molar-refractivity contribution in [1.29, 1.82) is 0 Å². The summed E-state index contributed by atoms with van der Waals surface area (Å²) in [5, 5.41) is 0. The molecule has 1 heterocycles. The average Bonchev–Trinajstić information content (AvgIpc) is 3.10. The predicted octanol–water partition coefficient (Wildman–Crippen LogP) is 1.79. The summed E-state index contributed by atoms with van der Waals surface area (Å²) < 4.78 is 15.9. The molecule has 6 nitrogen and oxygen atoms in total. The molecule has 1 aromatic carbocycles. The first kappa shape index (κ1) is 17.5. The van der Waals surface area contributed by atoms with Crippen LogP contribution in [0.2, 0.25) is 0 Å². The molecule has 0 radical (unpaired) electrons. The zero-order valence-electron chi connectivity index (χ0n) is 13.3. The number of nitrogens with zero attached hydrogens (tertiary/aromatic N) is 1. The van der Waals surface area contributed by atoms with Gasteiger partial charge in [-0.3, -0.25) is 9.59 Å². The minimum absolute atomic E-state index is 0.0702. The van der Waals surface area contributed by atoms with Gasteiger partial charge in [0.25, 0.3) is 0 Å². The molecule has 1 aliphatic heterocycles. The van der Waals surface area contributed by atoms with Gasteiger partial charge in [0.15, 0.2) is 17.4 Å². The number of carbonyl (C=O) groups excluding carboxylic acids is 2. The number of methoxy groups -OCH3 is 1. The standard InChI is InChI=1S/C16H21NO5S/c1-3-21-16(19)12(15(18)17-8-9-23-11-17)10-22-14-7-5-4-6-13(14)20-2/h4-7,12H,3,8-11H2,1-2H3. The highest BCUT2D eigenvalue weighted by Gasteiger charge is 2.34. The van der Waals surface area contributed by atoms with Crippen molar-refractivity contribution >= 4 is 23.6 Å². The normalized spacial score (nSPS) is 15.1. The van der Waals surface area contributed by atoms with Crippen LogP contribution in [0.1, 0.15) is 6.92 Å². The molecule has 1 aromatic rings. The summed E-state index contributed by atoms with van der Waals surface area (Å²) in [6.45, 7) is 2.52. The number of ether oxygens (including phenoxy) is 3. The molecule has 0 saturated carbocycles. The second kappa shape index (κ2) is 8.67. The van der Waals surface area contributed by atoms with Crippen molar-refractivity contribution in [3.8, 4) is 11.5 Å². The number of hydrogen-bond donors (Lipinski definition) is 0. The van der Waals surface area contributed by atoms with Gasteiger partial charge in [0.05, 0.1) is 19.6 Å². The molecule has 1 fully saturated rings. The predicted molar refractivity (Wildman–Crippen MR) is 87.7 cm³/mol. The Balaban J connectivity index is 2.07. The van der Waals surface area contributed by atoms with Crippen LogP contribution in [0.3, 0.4) is 0 Å². The van der Waals surface area contributed by atoms with Gasteiger partial charge in [-0.2, -0.15) is 0 Å². The van der Waals surface area contributed by atoms with Crippen molar-refractivity contribution in [3.05, 3.63) is 24.3 Å². The summed E-state index contributed by atoms with van der Waals surface area (Å²) in [6, 6.07) is 7.11. The van der Waals surface area contributed by atoms with Crippen molar-refractivity contribution in [2.45, 2.75) is 6.92 Å². The summed E-state index contributed by atoms with van der Waals surface area (Å²) >= 11 is 1.67. The lowest BCUT2D eigenvalue weighted by Crippen LogP contribution is -2.41. The van der Waals surface area contributed by atoms with Crippen LogP contribution in [0.15, 0.2) is 24.3 Å². The Morgan fingerprint density at radius 1 is 1.30 bits per heavy atom. The molecule has 1 amide bonds. The SMILES string of the molecule is CCOC(=O)C(COc1ccccc1OC)C(=O)N1CCSC1. The van der Waals surface area contributed by atoms with Crippen LogP contribution >= 0.6 is 11.8 Å². The van der Waals surface area contributed by atoms with E-state index in [0.717, 1.165) is 5.75 Å². The molecule has 7 heteroatoms. The van der Waals surface area contributed by atoms with Crippen molar-refractivity contribution in [2.24, 2.45) is 5.92 Å². The highest BCUT2D eigenvalue weighted by atomic mass is 32.2. The highest BCUT2D eigenvalue weighted by Crippen LogP contribution is 2.27. The van der Waals surface area contributed by atoms with Gasteiger partial charge in [-0.15, -0.1) is 11.8 Å². The number of esters is 1. The van der Waals surface area contributed by atoms with Gasteiger partial charge >= 0.3 is 5.97 Å². The molecular formula is C16H21NO5S. The summed E-state index contributed by atoms with van der Waals surface area (Å²) in [7, 11) is 1.54. The summed E-state index contributed by atoms with van der Waals surface area (Å²) in [4.78, 5) is 26.3. The topological polar surface area (TPSA) is 65.1 Å². The van der Waals surface area contributed by atoms with Gasteiger partial charge in [0, 0.05) is 12.3 Å². The molecule has 0 bridgehead atoms. The van der Waals surface area contributed by atoms with Crippen molar-refractivity contribution < 1.29 is 23.8 Å². The van der Waals surface area contributed by atoms with E-state index in [1.54, 1.807) is 41.8 Å². The number of thioether (sulfide) groups is 1. The number of benzene rings is 1. The maximum absolute atomic E-state index is 12.5. The molecule has 2 rings (SSSR count). The van der Waals surface area contributed by atoms with Gasteiger partial charge < -0.3 is 19.1 Å². The third-order valence-electron chi connectivity index (χ3n) is 3.41. The highest BCUT2D eigenvalue weighted by molar-refractivity contribution is 7.99. The Morgan fingerprint density at radius 3 is 2.65 bits per heavy atom. The molecule has 1 atom stereocenters. The fraction of sp³-hybridized carbons (Fsp3) is 0.500. The number of para-hydroxylation sites is 2. The van der Waals surface area contributed by atoms with E-state index in [-0.39, 0.29) is 19.1 Å². The van der Waals surface area contributed by atoms with Crippen LogP contribution in [0.25, 0.3) is 0 Å². The maximum Gasteiger partial charge on any atom is 0.322 e. The van der Waals surface area contributed by atoms with Crippen molar-refractivity contribution in [1.82, 2.24) is 4.90 Å². The molecule has 23 heavy (non-hydrogen) atoms. The van der Waals surface area contributed by atoms with Crippen LogP contribution in [-0.4, -0.2) is 55.3 Å². The quantitative estimate of drug-likeness (QED) is 0.557. The number of hydrogen-bond acceptors (Lipinski definition) is 6. The van der Waals surface area contributed by atoms with E-state index in [1.165, 1.54) is 7.11 Å². The Labute approximate surface area is 140 Å². The molecule has 0 aromatic heterocycles. The fourth-order valence-electron chi connectivity index (χ4n) is 2.20. The lowest BCUT2D eigenvalue weighted by molar-refractivity contribution is -0.156. The van der Waals surface area contributed by atoms with E-state index in [9.17, 15) is 9.59 Å². The van der Waals surface area contributed by atoms with Crippen molar-refractivity contribution in [2.75, 3.05) is 38.5 Å². The first-order chi connectivity index (χ1) is 11.2. The second-order valence-electron chi connectivity index (χ2n) is 4.91. The monoisotopic (exact) mass is 339 g/mol. The molecule has 0 N–H and O–H groups in total. The maximum atomic E-state index is 12.5. The van der Waals surface area contributed by atoms with E-state index in [4.69, 9.17) is 14.2 Å². The molecule has 1 saturated heterocycles. The van der Waals surface area contributed by atoms with Gasteiger partial charge in [-0.05, 0) is 19.1 Å². The number of carbonyl (C=O) groups is 2. The minimum atomic E-state index is -0.960. The molecular weight excluding hydrogens is 318 g/mol. The first-order valence-electron chi connectivity index (χ1n) is 7.46. The van der Waals surface area contributed by atoms with E-state index in [0.29, 0.717) is 23.9 Å². The van der Waals surface area contributed by atoms with Gasteiger partial charge in [-0.25, -0.2) is 0 Å². The summed E-state index contributed by atoms with van der Waals surface area (Å²) in [5.74, 6) is 0.774. The Kier molecular flexibility index (Phi) is 6.58. The zero-order chi connectivity index (χ0) is 16.7. The Morgan fingerprint density at radius 2 is 2.04 bits per heavy atom. The van der Waals surface area contributed by atoms with E-state index in [1.807, 2.05) is 6.07 Å². The van der Waals surface area contributed by atoms with Crippen LogP contribution in [0.4, 0.5) is 0 Å².